The molecule has 150 valence electrons. The molecule has 29 heavy (non-hydrogen) atoms. The van der Waals surface area contributed by atoms with E-state index in [1.165, 1.54) is 25.7 Å². The van der Waals surface area contributed by atoms with Gasteiger partial charge in [0.05, 0.1) is 0 Å². The fourth-order valence-corrected chi connectivity index (χ4v) is 2.97. The van der Waals surface area contributed by atoms with E-state index in [2.05, 4.69) is 39.3 Å². The maximum Gasteiger partial charge on any atom is 0.295 e. The van der Waals surface area contributed by atoms with Crippen LogP contribution in [0, 0.1) is 5.92 Å². The zero-order chi connectivity index (χ0) is 20.1. The quantitative estimate of drug-likeness (QED) is 0.409. The third-order valence-electron chi connectivity index (χ3n) is 4.56. The zero-order valence-electron chi connectivity index (χ0n) is 16.5. The first-order chi connectivity index (χ1) is 14.2. The molecule has 4 rings (SSSR count). The summed E-state index contributed by atoms with van der Waals surface area (Å²) in [5.74, 6) is 2.16. The molecule has 0 spiro atoms. The molecule has 4 aromatic rings. The molecule has 3 heterocycles. The molecule has 0 fully saturated rings. The van der Waals surface area contributed by atoms with Crippen molar-refractivity contribution < 1.29 is 13.6 Å². The fourth-order valence-electron chi connectivity index (χ4n) is 2.97. The largest absolute Gasteiger partial charge is 0.457 e. The molecule has 0 saturated carbocycles. The van der Waals surface area contributed by atoms with Crippen molar-refractivity contribution in [1.82, 2.24) is 20.2 Å². The van der Waals surface area contributed by atoms with Gasteiger partial charge in [0.1, 0.15) is 22.7 Å². The first kappa shape index (κ1) is 18.9. The number of rotatable bonds is 9. The summed E-state index contributed by atoms with van der Waals surface area (Å²) in [6.45, 7) is 5.28. The summed E-state index contributed by atoms with van der Waals surface area (Å²) in [6, 6.07) is 9.58. The molecule has 0 saturated heterocycles. The minimum absolute atomic E-state index is 0.338. The molecule has 8 nitrogen and oxygen atoms in total. The molecule has 3 aromatic heterocycles. The van der Waals surface area contributed by atoms with Crippen molar-refractivity contribution in [2.45, 2.75) is 33.1 Å². The Morgan fingerprint density at radius 3 is 2.90 bits per heavy atom. The minimum Gasteiger partial charge on any atom is -0.457 e. The monoisotopic (exact) mass is 393 g/mol. The lowest BCUT2D eigenvalue weighted by molar-refractivity contribution is 0.480. The van der Waals surface area contributed by atoms with Crippen LogP contribution in [-0.4, -0.2) is 26.7 Å². The first-order valence-corrected chi connectivity index (χ1v) is 9.76. The summed E-state index contributed by atoms with van der Waals surface area (Å²) in [4.78, 5) is 8.71. The number of nitrogens with one attached hydrogen (secondary N) is 1. The van der Waals surface area contributed by atoms with Crippen molar-refractivity contribution in [1.29, 1.82) is 0 Å². The van der Waals surface area contributed by atoms with Crippen molar-refractivity contribution >= 4 is 17.1 Å². The number of unbranched alkanes of at least 4 members (excludes halogenated alkanes) is 1. The number of hydrogen-bond donors (Lipinski definition) is 1. The number of fused-ring (bicyclic) bond motifs is 1. The highest BCUT2D eigenvalue weighted by molar-refractivity contribution is 5.76. The summed E-state index contributed by atoms with van der Waals surface area (Å²) >= 11 is 0. The lowest BCUT2D eigenvalue weighted by atomic mass is 10.1. The van der Waals surface area contributed by atoms with Gasteiger partial charge in [0.15, 0.2) is 5.58 Å². The van der Waals surface area contributed by atoms with Gasteiger partial charge in [-0.3, -0.25) is 4.98 Å². The van der Waals surface area contributed by atoms with Gasteiger partial charge in [0.25, 0.3) is 11.9 Å². The van der Waals surface area contributed by atoms with Gasteiger partial charge in [-0.15, -0.1) is 10.2 Å². The molecule has 0 aliphatic carbocycles. The average Bonchev–Trinajstić information content (AvgIpc) is 3.40. The minimum atomic E-state index is 0.338. The maximum absolute atomic E-state index is 5.94. The SMILES string of the molecule is CCCCC(C)CNc1nc2ccc(Oc3ccnc(-c4nnco4)c3)cc2o1. The van der Waals surface area contributed by atoms with Crippen molar-refractivity contribution in [3.63, 3.8) is 0 Å². The summed E-state index contributed by atoms with van der Waals surface area (Å²) in [5, 5.41) is 10.8. The van der Waals surface area contributed by atoms with E-state index in [9.17, 15) is 0 Å². The number of benzene rings is 1. The third-order valence-corrected chi connectivity index (χ3v) is 4.56. The van der Waals surface area contributed by atoms with Crippen molar-refractivity contribution in [2.75, 3.05) is 11.9 Å². The summed E-state index contributed by atoms with van der Waals surface area (Å²) < 4.78 is 17.0. The Kier molecular flexibility index (Phi) is 5.69. The van der Waals surface area contributed by atoms with Crippen LogP contribution in [0.3, 0.4) is 0 Å². The van der Waals surface area contributed by atoms with Gasteiger partial charge in [0, 0.05) is 24.9 Å². The van der Waals surface area contributed by atoms with Crippen LogP contribution in [0.2, 0.25) is 0 Å². The van der Waals surface area contributed by atoms with Crippen molar-refractivity contribution in [3.8, 4) is 23.1 Å². The molecule has 0 radical (unpaired) electrons. The second-order valence-corrected chi connectivity index (χ2v) is 7.00. The standard InChI is InChI=1S/C21H23N5O3/c1-3-4-5-14(2)12-23-21-25-17-7-6-15(11-19(17)29-21)28-16-8-9-22-18(10-16)20-26-24-13-27-20/h6-11,13-14H,3-5,12H2,1-2H3,(H,23,25). The summed E-state index contributed by atoms with van der Waals surface area (Å²) in [5.41, 5.74) is 1.99. The second kappa shape index (κ2) is 8.72. The van der Waals surface area contributed by atoms with Gasteiger partial charge >= 0.3 is 0 Å². The molecule has 0 amide bonds. The highest BCUT2D eigenvalue weighted by Crippen LogP contribution is 2.29. The maximum atomic E-state index is 5.94. The Morgan fingerprint density at radius 2 is 2.07 bits per heavy atom. The summed E-state index contributed by atoms with van der Waals surface area (Å²) in [6.07, 6.45) is 6.53. The number of aromatic nitrogens is 4. The van der Waals surface area contributed by atoms with Gasteiger partial charge in [-0.2, -0.15) is 4.98 Å². The Bertz CT molecular complexity index is 1060. The van der Waals surface area contributed by atoms with Crippen LogP contribution >= 0.6 is 0 Å². The van der Waals surface area contributed by atoms with Crippen LogP contribution < -0.4 is 10.1 Å². The lowest BCUT2D eigenvalue weighted by Gasteiger charge is -2.10. The van der Waals surface area contributed by atoms with Gasteiger partial charge in [-0.25, -0.2) is 0 Å². The number of nitrogens with zero attached hydrogens (tertiary/aromatic N) is 4. The van der Waals surface area contributed by atoms with E-state index in [0.717, 1.165) is 12.1 Å². The van der Waals surface area contributed by atoms with E-state index in [1.54, 1.807) is 18.3 Å². The zero-order valence-corrected chi connectivity index (χ0v) is 16.5. The fraction of sp³-hybridized carbons (Fsp3) is 0.333. The van der Waals surface area contributed by atoms with Crippen LogP contribution in [0.4, 0.5) is 6.01 Å². The van der Waals surface area contributed by atoms with Gasteiger partial charge in [0.2, 0.25) is 6.39 Å². The van der Waals surface area contributed by atoms with E-state index in [-0.39, 0.29) is 0 Å². The Labute approximate surface area is 168 Å². The molecule has 1 aromatic carbocycles. The van der Waals surface area contributed by atoms with Crippen LogP contribution in [0.25, 0.3) is 22.7 Å². The van der Waals surface area contributed by atoms with Gasteiger partial charge in [-0.05, 0) is 30.5 Å². The van der Waals surface area contributed by atoms with Crippen LogP contribution in [0.1, 0.15) is 33.1 Å². The molecule has 1 N–H and O–H groups in total. The van der Waals surface area contributed by atoms with E-state index in [4.69, 9.17) is 13.6 Å². The van der Waals surface area contributed by atoms with Crippen molar-refractivity contribution in [2.24, 2.45) is 5.92 Å². The normalized spacial score (nSPS) is 12.2. The Morgan fingerprint density at radius 1 is 1.17 bits per heavy atom. The molecule has 0 bridgehead atoms. The smallest absolute Gasteiger partial charge is 0.295 e. The predicted octanol–water partition coefficient (Wildman–Crippen LogP) is 5.30. The van der Waals surface area contributed by atoms with Crippen LogP contribution in [0.15, 0.2) is 51.8 Å². The second-order valence-electron chi connectivity index (χ2n) is 7.00. The van der Waals surface area contributed by atoms with Gasteiger partial charge < -0.3 is 18.9 Å². The van der Waals surface area contributed by atoms with Gasteiger partial charge in [-0.1, -0.05) is 26.7 Å². The number of oxazole rings is 1. The topological polar surface area (TPSA) is 99.1 Å². The molecular weight excluding hydrogens is 370 g/mol. The molecule has 0 aliphatic heterocycles. The van der Waals surface area contributed by atoms with Crippen LogP contribution in [-0.2, 0) is 0 Å². The predicted molar refractivity (Wildman–Crippen MR) is 109 cm³/mol. The number of anilines is 1. The Hall–Kier alpha value is -3.42. The first-order valence-electron chi connectivity index (χ1n) is 9.76. The number of ether oxygens (including phenoxy) is 1. The van der Waals surface area contributed by atoms with Crippen LogP contribution in [0.5, 0.6) is 11.5 Å². The highest BCUT2D eigenvalue weighted by Gasteiger charge is 2.11. The Balaban J connectivity index is 1.45. The van der Waals surface area contributed by atoms with Crippen molar-refractivity contribution in [3.05, 3.63) is 42.9 Å². The molecule has 0 aliphatic rings. The molecular formula is C21H23N5O3. The summed E-state index contributed by atoms with van der Waals surface area (Å²) in [7, 11) is 0. The van der Waals surface area contributed by atoms with E-state index in [0.29, 0.717) is 40.6 Å². The molecule has 1 atom stereocenters. The molecule has 1 unspecified atom stereocenters. The number of hydrogen-bond acceptors (Lipinski definition) is 8. The highest BCUT2D eigenvalue weighted by atomic mass is 16.5. The van der Waals surface area contributed by atoms with E-state index in [1.807, 2.05) is 18.2 Å². The lowest BCUT2D eigenvalue weighted by Crippen LogP contribution is -2.11. The van der Waals surface area contributed by atoms with E-state index >= 15 is 0 Å². The average molecular weight is 393 g/mol. The molecule has 8 heteroatoms. The third kappa shape index (κ3) is 4.71. The van der Waals surface area contributed by atoms with E-state index < -0.39 is 0 Å². The number of pyridine rings is 1.